The molecule has 0 aliphatic heterocycles. The summed E-state index contributed by atoms with van der Waals surface area (Å²) in [5.74, 6) is -1.11. The zero-order valence-corrected chi connectivity index (χ0v) is 9.34. The molecule has 15 heavy (non-hydrogen) atoms. The highest BCUT2D eigenvalue weighted by molar-refractivity contribution is 6.37. The van der Waals surface area contributed by atoms with E-state index >= 15 is 0 Å². The van der Waals surface area contributed by atoms with E-state index in [9.17, 15) is 4.79 Å². The molecule has 0 spiro atoms. The molecule has 1 N–H and O–H groups in total. The summed E-state index contributed by atoms with van der Waals surface area (Å²) in [5.41, 5.74) is 0.356. The fourth-order valence-corrected chi connectivity index (χ4v) is 1.57. The van der Waals surface area contributed by atoms with Crippen LogP contribution in [0.1, 0.15) is 5.56 Å². The van der Waals surface area contributed by atoms with Crippen molar-refractivity contribution in [1.82, 2.24) is 0 Å². The van der Waals surface area contributed by atoms with Gasteiger partial charge in [0.25, 0.3) is 0 Å². The number of hydrogen-bond donors (Lipinski definition) is 1. The Morgan fingerprint density at radius 1 is 1.47 bits per heavy atom. The predicted molar refractivity (Wildman–Crippen MR) is 59.1 cm³/mol. The summed E-state index contributed by atoms with van der Waals surface area (Å²) >= 11 is 11.6. The number of ether oxygens (including phenoxy) is 1. The fraction of sp³-hybridized carbons (Fsp3) is 0.100. The van der Waals surface area contributed by atoms with E-state index in [-0.39, 0.29) is 10.6 Å². The van der Waals surface area contributed by atoms with E-state index in [1.165, 1.54) is 19.2 Å². The Kier molecular flexibility index (Phi) is 4.00. The molecule has 1 aromatic carbocycles. The summed E-state index contributed by atoms with van der Waals surface area (Å²) in [6.07, 6.45) is 1.12. The smallest absolute Gasteiger partial charge is 0.339 e. The molecular weight excluding hydrogens is 239 g/mol. The minimum Gasteiger partial charge on any atom is -0.503 e. The van der Waals surface area contributed by atoms with E-state index in [4.69, 9.17) is 28.3 Å². The van der Waals surface area contributed by atoms with E-state index in [0.29, 0.717) is 10.6 Å². The molecule has 0 heterocycles. The molecule has 5 heteroatoms. The Morgan fingerprint density at radius 2 is 2.13 bits per heavy atom. The van der Waals surface area contributed by atoms with Gasteiger partial charge in [0.05, 0.1) is 18.4 Å². The lowest BCUT2D eigenvalue weighted by atomic mass is 10.1. The molecule has 0 saturated carbocycles. The first-order chi connectivity index (χ1) is 7.06. The highest BCUT2D eigenvalue weighted by Gasteiger charge is 2.14. The standard InChI is InChI=1S/C10H8Cl2O3/c1-15-5-8(10(13)14)7-3-2-6(11)4-9(7)12/h2-5H,1H3,(H,13,14)/b8-5-. The van der Waals surface area contributed by atoms with Crippen LogP contribution in [0.2, 0.25) is 10.0 Å². The molecule has 0 fully saturated rings. The number of benzene rings is 1. The van der Waals surface area contributed by atoms with Crippen molar-refractivity contribution in [3.8, 4) is 0 Å². The third-order valence-electron chi connectivity index (χ3n) is 1.69. The Hall–Kier alpha value is -1.19. The molecule has 0 amide bonds. The van der Waals surface area contributed by atoms with Gasteiger partial charge in [-0.3, -0.25) is 0 Å². The maximum Gasteiger partial charge on any atom is 0.339 e. The molecule has 1 aromatic rings. The third kappa shape index (κ3) is 2.88. The number of aliphatic carboxylic acids is 1. The van der Waals surface area contributed by atoms with Crippen molar-refractivity contribution in [3.63, 3.8) is 0 Å². The highest BCUT2D eigenvalue weighted by atomic mass is 35.5. The van der Waals surface area contributed by atoms with Crippen molar-refractivity contribution in [3.05, 3.63) is 40.1 Å². The zero-order valence-electron chi connectivity index (χ0n) is 7.83. The SMILES string of the molecule is CO/C=C(\C(=O)O)c1ccc(Cl)cc1Cl. The second-order valence-electron chi connectivity index (χ2n) is 2.70. The summed E-state index contributed by atoms with van der Waals surface area (Å²) in [4.78, 5) is 10.9. The molecule has 1 rings (SSSR count). The zero-order chi connectivity index (χ0) is 11.4. The van der Waals surface area contributed by atoms with Gasteiger partial charge in [0.1, 0.15) is 5.57 Å². The number of carbonyl (C=O) groups is 1. The number of methoxy groups -OCH3 is 1. The maximum absolute atomic E-state index is 10.9. The summed E-state index contributed by atoms with van der Waals surface area (Å²) in [7, 11) is 1.37. The van der Waals surface area contributed by atoms with Gasteiger partial charge in [-0.1, -0.05) is 29.3 Å². The molecular formula is C10H8Cl2O3. The van der Waals surface area contributed by atoms with Gasteiger partial charge in [-0.2, -0.15) is 0 Å². The van der Waals surface area contributed by atoms with Crippen LogP contribution in [0, 0.1) is 0 Å². The van der Waals surface area contributed by atoms with Crippen molar-refractivity contribution >= 4 is 34.7 Å². The van der Waals surface area contributed by atoms with Crippen molar-refractivity contribution < 1.29 is 14.6 Å². The third-order valence-corrected chi connectivity index (χ3v) is 2.24. The van der Waals surface area contributed by atoms with E-state index in [2.05, 4.69) is 4.74 Å². The van der Waals surface area contributed by atoms with Crippen molar-refractivity contribution in [2.24, 2.45) is 0 Å². The van der Waals surface area contributed by atoms with Gasteiger partial charge < -0.3 is 9.84 Å². The predicted octanol–water partition coefficient (Wildman–Crippen LogP) is 3.07. The van der Waals surface area contributed by atoms with Crippen molar-refractivity contribution in [2.45, 2.75) is 0 Å². The van der Waals surface area contributed by atoms with Crippen LogP contribution < -0.4 is 0 Å². The molecule has 80 valence electrons. The summed E-state index contributed by atoms with van der Waals surface area (Å²) < 4.78 is 4.67. The Bertz CT molecular complexity index is 413. The Labute approximate surface area is 96.9 Å². The average Bonchev–Trinajstić information content (AvgIpc) is 2.15. The van der Waals surface area contributed by atoms with Crippen LogP contribution in [0.3, 0.4) is 0 Å². The van der Waals surface area contributed by atoms with Gasteiger partial charge >= 0.3 is 5.97 Å². The average molecular weight is 247 g/mol. The lowest BCUT2D eigenvalue weighted by Crippen LogP contribution is -2.00. The van der Waals surface area contributed by atoms with E-state index in [1.54, 1.807) is 6.07 Å². The number of hydrogen-bond acceptors (Lipinski definition) is 2. The molecule has 0 aromatic heterocycles. The van der Waals surface area contributed by atoms with Gasteiger partial charge in [-0.25, -0.2) is 4.79 Å². The van der Waals surface area contributed by atoms with Crippen LogP contribution in [0.5, 0.6) is 0 Å². The molecule has 3 nitrogen and oxygen atoms in total. The van der Waals surface area contributed by atoms with Gasteiger partial charge in [-0.15, -0.1) is 0 Å². The van der Waals surface area contributed by atoms with Crippen LogP contribution in [-0.2, 0) is 9.53 Å². The number of halogens is 2. The molecule has 0 radical (unpaired) electrons. The van der Waals surface area contributed by atoms with Crippen molar-refractivity contribution in [1.29, 1.82) is 0 Å². The van der Waals surface area contributed by atoms with Crippen LogP contribution in [0.15, 0.2) is 24.5 Å². The minimum atomic E-state index is -1.11. The van der Waals surface area contributed by atoms with Crippen LogP contribution >= 0.6 is 23.2 Å². The van der Waals surface area contributed by atoms with Crippen LogP contribution in [0.4, 0.5) is 0 Å². The quantitative estimate of drug-likeness (QED) is 0.659. The normalized spacial score (nSPS) is 11.3. The molecule has 0 unspecified atom stereocenters. The lowest BCUT2D eigenvalue weighted by Gasteiger charge is -2.05. The number of rotatable bonds is 3. The van der Waals surface area contributed by atoms with Gasteiger partial charge in [0.15, 0.2) is 0 Å². The summed E-state index contributed by atoms with van der Waals surface area (Å²) in [6.45, 7) is 0. The van der Waals surface area contributed by atoms with E-state index in [0.717, 1.165) is 6.26 Å². The molecule has 0 atom stereocenters. The fourth-order valence-electron chi connectivity index (χ4n) is 1.05. The first-order valence-corrected chi connectivity index (χ1v) is 4.73. The summed E-state index contributed by atoms with van der Waals surface area (Å²) in [5, 5.41) is 9.63. The summed E-state index contributed by atoms with van der Waals surface area (Å²) in [6, 6.07) is 4.57. The lowest BCUT2D eigenvalue weighted by molar-refractivity contribution is -0.130. The van der Waals surface area contributed by atoms with Gasteiger partial charge in [0, 0.05) is 10.6 Å². The van der Waals surface area contributed by atoms with Crippen molar-refractivity contribution in [2.75, 3.05) is 7.11 Å². The second-order valence-corrected chi connectivity index (χ2v) is 3.54. The highest BCUT2D eigenvalue weighted by Crippen LogP contribution is 2.27. The first-order valence-electron chi connectivity index (χ1n) is 3.98. The molecule has 0 aliphatic rings. The maximum atomic E-state index is 10.9. The van der Waals surface area contributed by atoms with Gasteiger partial charge in [0.2, 0.25) is 0 Å². The number of carboxylic acid groups (broad SMARTS) is 1. The second kappa shape index (κ2) is 5.05. The monoisotopic (exact) mass is 246 g/mol. The minimum absolute atomic E-state index is 0.0147. The topological polar surface area (TPSA) is 46.5 Å². The largest absolute Gasteiger partial charge is 0.503 e. The van der Waals surface area contributed by atoms with Crippen LogP contribution in [0.25, 0.3) is 5.57 Å². The van der Waals surface area contributed by atoms with E-state index < -0.39 is 5.97 Å². The molecule has 0 saturated heterocycles. The Morgan fingerprint density at radius 3 is 2.60 bits per heavy atom. The Balaban J connectivity index is 3.24. The first kappa shape index (κ1) is 11.9. The molecule has 0 bridgehead atoms. The molecule has 0 aliphatic carbocycles. The van der Waals surface area contributed by atoms with Crippen LogP contribution in [-0.4, -0.2) is 18.2 Å². The number of carboxylic acids is 1. The van der Waals surface area contributed by atoms with Gasteiger partial charge in [-0.05, 0) is 12.1 Å². The van der Waals surface area contributed by atoms with E-state index in [1.807, 2.05) is 0 Å².